The highest BCUT2D eigenvalue weighted by Crippen LogP contribution is 2.63. The summed E-state index contributed by atoms with van der Waals surface area (Å²) < 4.78 is 2.62. The number of fused-ring (bicyclic) bond motifs is 14. The maximum absolute atomic E-state index is 2.51. The van der Waals surface area contributed by atoms with Crippen molar-refractivity contribution in [1.82, 2.24) is 0 Å². The summed E-state index contributed by atoms with van der Waals surface area (Å²) in [5, 5.41) is 5.16. The van der Waals surface area contributed by atoms with E-state index in [1.54, 1.807) is 0 Å². The Balaban J connectivity index is 1.15. The van der Waals surface area contributed by atoms with Gasteiger partial charge in [0, 0.05) is 47.0 Å². The minimum absolute atomic E-state index is 0.487. The maximum atomic E-state index is 2.51. The van der Waals surface area contributed by atoms with E-state index in [2.05, 4.69) is 205 Å². The van der Waals surface area contributed by atoms with Gasteiger partial charge in [0.15, 0.2) is 0 Å². The monoisotopic (exact) mass is 747 g/mol. The molecule has 1 aromatic heterocycles. The van der Waals surface area contributed by atoms with Gasteiger partial charge < -0.3 is 4.90 Å². The molecular weight excluding hydrogens is 715 g/mol. The fourth-order valence-electron chi connectivity index (χ4n) is 9.53. The molecule has 2 aliphatic rings. The average Bonchev–Trinajstić information content (AvgIpc) is 3.78. The third kappa shape index (κ3) is 4.56. The summed E-state index contributed by atoms with van der Waals surface area (Å²) in [5.41, 5.74) is 13.4. The van der Waals surface area contributed by atoms with E-state index in [0.717, 1.165) is 17.1 Å². The van der Waals surface area contributed by atoms with E-state index in [1.807, 2.05) is 23.1 Å². The third-order valence-electron chi connectivity index (χ3n) is 11.9. The Morgan fingerprint density at radius 1 is 0.375 bits per heavy atom. The highest BCUT2D eigenvalue weighted by Gasteiger charge is 2.50. The molecule has 0 radical (unpaired) electrons. The molecule has 0 amide bonds. The molecule has 9 aromatic carbocycles. The Hall–Kier alpha value is -6.39. The fraction of sp³-hybridized carbons (Fsp3) is 0.0189. The zero-order valence-electron chi connectivity index (χ0n) is 30.3. The van der Waals surface area contributed by atoms with Gasteiger partial charge in [-0.15, -0.1) is 11.3 Å². The molecule has 0 saturated carbocycles. The normalized spacial score (nSPS) is 13.4. The van der Waals surface area contributed by atoms with E-state index in [4.69, 9.17) is 0 Å². The molecule has 0 fully saturated rings. The predicted octanol–water partition coefficient (Wildman–Crippen LogP) is 15.2. The molecule has 1 aliphatic heterocycles. The quantitative estimate of drug-likeness (QED) is 0.176. The molecule has 0 N–H and O–H groups in total. The van der Waals surface area contributed by atoms with Crippen LogP contribution in [-0.2, 0) is 5.41 Å². The van der Waals surface area contributed by atoms with Crippen LogP contribution in [0.2, 0.25) is 0 Å². The van der Waals surface area contributed by atoms with Crippen LogP contribution in [0.4, 0.5) is 17.1 Å². The van der Waals surface area contributed by atoms with Crippen molar-refractivity contribution in [3.05, 3.63) is 222 Å². The third-order valence-corrected chi connectivity index (χ3v) is 14.2. The molecule has 1 spiro atoms. The van der Waals surface area contributed by atoms with Crippen LogP contribution in [0.25, 0.3) is 53.2 Å². The average molecular weight is 748 g/mol. The Kier molecular flexibility index (Phi) is 7.01. The van der Waals surface area contributed by atoms with Crippen molar-refractivity contribution >= 4 is 71.1 Å². The lowest BCUT2D eigenvalue weighted by Gasteiger charge is -2.40. The summed E-state index contributed by atoms with van der Waals surface area (Å²) in [6, 6.07) is 74.6. The van der Waals surface area contributed by atoms with Gasteiger partial charge in [0.1, 0.15) is 0 Å². The predicted molar refractivity (Wildman–Crippen MR) is 238 cm³/mol. The molecule has 0 atom stereocenters. The van der Waals surface area contributed by atoms with Gasteiger partial charge in [0.2, 0.25) is 0 Å². The lowest BCUT2D eigenvalue weighted by atomic mass is 9.67. The molecule has 0 unspecified atom stereocenters. The van der Waals surface area contributed by atoms with Crippen LogP contribution in [0.15, 0.2) is 210 Å². The Morgan fingerprint density at radius 3 is 1.79 bits per heavy atom. The van der Waals surface area contributed by atoms with Crippen molar-refractivity contribution in [2.24, 2.45) is 0 Å². The molecule has 2 heterocycles. The minimum atomic E-state index is -0.487. The smallest absolute Gasteiger partial charge is 0.0736 e. The van der Waals surface area contributed by atoms with Crippen LogP contribution < -0.4 is 4.90 Å². The molecule has 1 nitrogen and oxygen atoms in total. The number of hydrogen-bond donors (Lipinski definition) is 0. The standard InChI is InChI=1S/C53H33NS2/c1-2-12-34(13-3-1)35-22-25-37(26-23-35)54(38-28-31-49-43(32-38)41-16-6-9-19-48(41)55-49)39-27-29-42-47(33-39)53(46-30-24-36-14-4-5-15-40(36)52(42)46)44-17-7-10-20-50(44)56-51-21-11-8-18-45(51)53/h1-33H. The number of rotatable bonds is 4. The highest BCUT2D eigenvalue weighted by atomic mass is 32.2. The van der Waals surface area contributed by atoms with Crippen LogP contribution in [-0.4, -0.2) is 0 Å². The molecular formula is C53H33NS2. The van der Waals surface area contributed by atoms with Crippen molar-refractivity contribution in [3.63, 3.8) is 0 Å². The first-order valence-corrected chi connectivity index (χ1v) is 20.8. The Morgan fingerprint density at radius 2 is 0.982 bits per heavy atom. The zero-order valence-corrected chi connectivity index (χ0v) is 31.9. The van der Waals surface area contributed by atoms with Crippen LogP contribution in [0.5, 0.6) is 0 Å². The van der Waals surface area contributed by atoms with Gasteiger partial charge in [-0.2, -0.15) is 0 Å². The second kappa shape index (κ2) is 12.3. The van der Waals surface area contributed by atoms with Crippen molar-refractivity contribution < 1.29 is 0 Å². The SMILES string of the molecule is c1ccc(-c2ccc(N(c3ccc4c(c3)C3(c5ccccc5Sc5ccccc53)c3ccc5ccccc5c3-4)c3ccc4sc5ccccc5c4c3)cc2)cc1. The summed E-state index contributed by atoms with van der Waals surface area (Å²) in [7, 11) is 0. The van der Waals surface area contributed by atoms with E-state index < -0.39 is 5.41 Å². The number of nitrogens with zero attached hydrogens (tertiary/aromatic N) is 1. The van der Waals surface area contributed by atoms with Gasteiger partial charge in [-0.05, 0) is 116 Å². The first kappa shape index (κ1) is 31.9. The number of hydrogen-bond acceptors (Lipinski definition) is 3. The van der Waals surface area contributed by atoms with E-state index in [-0.39, 0.29) is 0 Å². The second-order valence-corrected chi connectivity index (χ2v) is 17.0. The number of anilines is 3. The van der Waals surface area contributed by atoms with E-state index in [0.29, 0.717) is 0 Å². The van der Waals surface area contributed by atoms with E-state index in [9.17, 15) is 0 Å². The van der Waals surface area contributed by atoms with E-state index in [1.165, 1.54) is 85.2 Å². The van der Waals surface area contributed by atoms with Gasteiger partial charge in [0.05, 0.1) is 5.41 Å². The first-order valence-electron chi connectivity index (χ1n) is 19.2. The first-order chi connectivity index (χ1) is 27.8. The molecule has 10 aromatic rings. The second-order valence-electron chi connectivity index (χ2n) is 14.8. The molecule has 0 bridgehead atoms. The number of thiophene rings is 1. The lowest BCUT2D eigenvalue weighted by Crippen LogP contribution is -2.32. The molecule has 56 heavy (non-hydrogen) atoms. The minimum Gasteiger partial charge on any atom is -0.310 e. The van der Waals surface area contributed by atoms with Gasteiger partial charge in [-0.3, -0.25) is 0 Å². The summed E-state index contributed by atoms with van der Waals surface area (Å²) in [6.45, 7) is 0. The van der Waals surface area contributed by atoms with Crippen LogP contribution in [0.1, 0.15) is 22.3 Å². The van der Waals surface area contributed by atoms with Crippen molar-refractivity contribution in [3.8, 4) is 22.3 Å². The van der Waals surface area contributed by atoms with Gasteiger partial charge in [-0.1, -0.05) is 151 Å². The largest absolute Gasteiger partial charge is 0.310 e. The summed E-state index contributed by atoms with van der Waals surface area (Å²) in [4.78, 5) is 5.09. The van der Waals surface area contributed by atoms with Crippen LogP contribution in [0.3, 0.4) is 0 Å². The molecule has 0 saturated heterocycles. The zero-order chi connectivity index (χ0) is 36.8. The van der Waals surface area contributed by atoms with Crippen molar-refractivity contribution in [2.45, 2.75) is 15.2 Å². The molecule has 12 rings (SSSR count). The number of benzene rings is 9. The van der Waals surface area contributed by atoms with Gasteiger partial charge >= 0.3 is 0 Å². The highest BCUT2D eigenvalue weighted by molar-refractivity contribution is 7.99. The maximum Gasteiger partial charge on any atom is 0.0736 e. The summed E-state index contributed by atoms with van der Waals surface area (Å²) in [5.74, 6) is 0. The fourth-order valence-corrected chi connectivity index (χ4v) is 11.8. The molecule has 1 aliphatic carbocycles. The summed E-state index contributed by atoms with van der Waals surface area (Å²) in [6.07, 6.45) is 0. The van der Waals surface area contributed by atoms with Gasteiger partial charge in [-0.25, -0.2) is 0 Å². The van der Waals surface area contributed by atoms with Crippen LogP contribution >= 0.6 is 23.1 Å². The molecule has 262 valence electrons. The van der Waals surface area contributed by atoms with Crippen molar-refractivity contribution in [1.29, 1.82) is 0 Å². The lowest BCUT2D eigenvalue weighted by molar-refractivity contribution is 0.723. The van der Waals surface area contributed by atoms with E-state index >= 15 is 0 Å². The van der Waals surface area contributed by atoms with Crippen LogP contribution in [0, 0.1) is 0 Å². The Labute approximate surface area is 334 Å². The van der Waals surface area contributed by atoms with Crippen molar-refractivity contribution in [2.75, 3.05) is 4.90 Å². The Bertz CT molecular complexity index is 3130. The van der Waals surface area contributed by atoms with Gasteiger partial charge in [0.25, 0.3) is 0 Å². The summed E-state index contributed by atoms with van der Waals surface area (Å²) >= 11 is 3.76. The molecule has 3 heteroatoms. The topological polar surface area (TPSA) is 3.24 Å².